The first-order valence-corrected chi connectivity index (χ1v) is 1.44. The van der Waals surface area contributed by atoms with Crippen LogP contribution in [0.3, 0.4) is 0 Å². The number of ether oxygens (including phenoxy) is 1. The summed E-state index contributed by atoms with van der Waals surface area (Å²) in [4.78, 5) is 9.68. The molecule has 0 aromatic carbocycles. The van der Waals surface area contributed by atoms with Crippen LogP contribution in [0.1, 0.15) is 0 Å². The zero-order valence-electron chi connectivity index (χ0n) is 2.92. The number of hydrogen-bond acceptors (Lipinski definition) is 3. The summed E-state index contributed by atoms with van der Waals surface area (Å²) in [5, 5.41) is 8.56. The Morgan fingerprint density at radius 3 is 2.50 bits per heavy atom. The standard InChI is InChI=1S/C2H3NO3/c4-2-3(5)1-6-2/h5H,1H2. The van der Waals surface area contributed by atoms with E-state index in [9.17, 15) is 4.79 Å². The average Bonchev–Trinajstić information content (AvgIpc) is 1.61. The van der Waals surface area contributed by atoms with Crippen molar-refractivity contribution in [3.8, 4) is 0 Å². The molecule has 6 heavy (non-hydrogen) atoms. The molecule has 1 fully saturated rings. The molecule has 1 amide bonds. The van der Waals surface area contributed by atoms with E-state index < -0.39 is 6.09 Å². The van der Waals surface area contributed by atoms with Crippen LogP contribution in [0.25, 0.3) is 0 Å². The van der Waals surface area contributed by atoms with Crippen LogP contribution in [0.5, 0.6) is 0 Å². The van der Waals surface area contributed by atoms with E-state index in [2.05, 4.69) is 4.74 Å². The second-order valence-corrected chi connectivity index (χ2v) is 0.939. The Balaban J connectivity index is 2.39. The second-order valence-electron chi connectivity index (χ2n) is 0.939. The fourth-order valence-electron chi connectivity index (χ4n) is 0.175. The summed E-state index contributed by atoms with van der Waals surface area (Å²) in [7, 11) is 0. The van der Waals surface area contributed by atoms with Crippen molar-refractivity contribution in [1.29, 1.82) is 0 Å². The van der Waals surface area contributed by atoms with Crippen molar-refractivity contribution in [3.05, 3.63) is 0 Å². The smallest absolute Gasteiger partial charge is 0.424 e. The van der Waals surface area contributed by atoms with Crippen LogP contribution >= 0.6 is 0 Å². The molecule has 0 bridgehead atoms. The molecule has 0 radical (unpaired) electrons. The van der Waals surface area contributed by atoms with Crippen molar-refractivity contribution in [2.24, 2.45) is 0 Å². The van der Waals surface area contributed by atoms with Gasteiger partial charge in [-0.1, -0.05) is 0 Å². The molecule has 1 aliphatic heterocycles. The van der Waals surface area contributed by atoms with E-state index in [0.29, 0.717) is 5.06 Å². The van der Waals surface area contributed by atoms with Crippen LogP contribution in [0.2, 0.25) is 0 Å². The number of cyclic esters (lactones) is 1. The van der Waals surface area contributed by atoms with Crippen molar-refractivity contribution in [2.45, 2.75) is 0 Å². The van der Waals surface area contributed by atoms with Gasteiger partial charge in [0.25, 0.3) is 0 Å². The van der Waals surface area contributed by atoms with Gasteiger partial charge in [-0.15, -0.1) is 0 Å². The summed E-state index contributed by atoms with van der Waals surface area (Å²) >= 11 is 0. The number of hydrogen-bond donors (Lipinski definition) is 1. The van der Waals surface area contributed by atoms with Gasteiger partial charge in [-0.3, -0.25) is 5.21 Å². The molecule has 34 valence electrons. The van der Waals surface area contributed by atoms with Crippen LogP contribution < -0.4 is 0 Å². The highest BCUT2D eigenvalue weighted by Gasteiger charge is 2.22. The Hall–Kier alpha value is -0.770. The number of amides is 1. The predicted octanol–water partition coefficient (Wildman–Crippen LogP) is -0.215. The molecule has 0 aromatic heterocycles. The van der Waals surface area contributed by atoms with Gasteiger partial charge in [-0.05, 0) is 0 Å². The summed E-state index contributed by atoms with van der Waals surface area (Å²) in [6.45, 7) is 0.0127. The molecule has 4 nitrogen and oxygen atoms in total. The molecule has 0 aliphatic carbocycles. The number of carbonyl (C=O) groups excluding carboxylic acids is 1. The second kappa shape index (κ2) is 0.844. The third-order valence-corrected chi connectivity index (χ3v) is 0.521. The van der Waals surface area contributed by atoms with Gasteiger partial charge in [-0.25, -0.2) is 4.79 Å². The summed E-state index contributed by atoms with van der Waals surface area (Å²) in [6.07, 6.45) is -0.671. The zero-order valence-corrected chi connectivity index (χ0v) is 2.92. The van der Waals surface area contributed by atoms with Crippen LogP contribution in [0.4, 0.5) is 4.79 Å². The Morgan fingerprint density at radius 1 is 2.00 bits per heavy atom. The van der Waals surface area contributed by atoms with Crippen molar-refractivity contribution in [2.75, 3.05) is 6.73 Å². The molecule has 1 rings (SSSR count). The summed E-state index contributed by atoms with van der Waals surface area (Å²) in [5.74, 6) is 0. The molecular weight excluding hydrogens is 86.0 g/mol. The van der Waals surface area contributed by atoms with E-state index in [1.165, 1.54) is 0 Å². The van der Waals surface area contributed by atoms with E-state index in [0.717, 1.165) is 0 Å². The van der Waals surface area contributed by atoms with Crippen molar-refractivity contribution in [3.63, 3.8) is 0 Å². The number of nitrogens with zero attached hydrogens (tertiary/aromatic N) is 1. The number of rotatable bonds is 0. The molecule has 0 saturated carbocycles. The fraction of sp³-hybridized carbons (Fsp3) is 0.500. The minimum atomic E-state index is -0.671. The lowest BCUT2D eigenvalue weighted by Gasteiger charge is -2.21. The lowest BCUT2D eigenvalue weighted by molar-refractivity contribution is -0.186. The fourth-order valence-corrected chi connectivity index (χ4v) is 0.175. The molecule has 4 heteroatoms. The van der Waals surface area contributed by atoms with E-state index in [1.807, 2.05) is 0 Å². The minimum Gasteiger partial charge on any atom is -0.424 e. The van der Waals surface area contributed by atoms with Gasteiger partial charge in [0.1, 0.15) is 0 Å². The zero-order chi connectivity index (χ0) is 4.57. The van der Waals surface area contributed by atoms with Gasteiger partial charge >= 0.3 is 6.09 Å². The monoisotopic (exact) mass is 89.0 g/mol. The van der Waals surface area contributed by atoms with Crippen LogP contribution in [0, 0.1) is 0 Å². The lowest BCUT2D eigenvalue weighted by Crippen LogP contribution is -2.41. The van der Waals surface area contributed by atoms with E-state index in [4.69, 9.17) is 5.21 Å². The molecule has 0 atom stereocenters. The Kier molecular flexibility index (Phi) is 0.481. The van der Waals surface area contributed by atoms with Gasteiger partial charge in [0.05, 0.1) is 0 Å². The molecule has 1 heterocycles. The number of carbonyl (C=O) groups is 1. The third-order valence-electron chi connectivity index (χ3n) is 0.521. The summed E-state index contributed by atoms with van der Waals surface area (Å²) in [6, 6.07) is 0. The Bertz CT molecular complexity index is 80.9. The van der Waals surface area contributed by atoms with Crippen LogP contribution in [0.15, 0.2) is 0 Å². The number of hydroxylamine groups is 2. The Labute approximate surface area is 33.9 Å². The topological polar surface area (TPSA) is 49.8 Å². The molecule has 1 aliphatic rings. The van der Waals surface area contributed by atoms with Gasteiger partial charge in [-0.2, -0.15) is 5.06 Å². The predicted molar refractivity (Wildman–Crippen MR) is 15.0 cm³/mol. The average molecular weight is 89.0 g/mol. The van der Waals surface area contributed by atoms with Crippen molar-refractivity contribution < 1.29 is 14.7 Å². The molecule has 0 unspecified atom stereocenters. The normalized spacial score (nSPS) is 19.5. The maximum Gasteiger partial charge on any atom is 0.438 e. The molecular formula is C2H3NO3. The first-order valence-electron chi connectivity index (χ1n) is 1.44. The van der Waals surface area contributed by atoms with E-state index >= 15 is 0 Å². The first-order chi connectivity index (χ1) is 2.80. The van der Waals surface area contributed by atoms with Gasteiger partial charge in [0, 0.05) is 0 Å². The Morgan fingerprint density at radius 2 is 2.50 bits per heavy atom. The van der Waals surface area contributed by atoms with Crippen LogP contribution in [-0.4, -0.2) is 23.1 Å². The van der Waals surface area contributed by atoms with Crippen LogP contribution in [-0.2, 0) is 4.74 Å². The van der Waals surface area contributed by atoms with E-state index in [-0.39, 0.29) is 6.73 Å². The SMILES string of the molecule is O=C1OCN1O. The highest BCUT2D eigenvalue weighted by Crippen LogP contribution is 1.99. The molecule has 1 N–H and O–H groups in total. The largest absolute Gasteiger partial charge is 0.438 e. The minimum absolute atomic E-state index is 0.0127. The summed E-state index contributed by atoms with van der Waals surface area (Å²) < 4.78 is 4.08. The maximum absolute atomic E-state index is 9.68. The molecule has 0 aromatic rings. The first kappa shape index (κ1) is 3.42. The highest BCUT2D eigenvalue weighted by atomic mass is 16.7. The van der Waals surface area contributed by atoms with Crippen molar-refractivity contribution in [1.82, 2.24) is 5.06 Å². The van der Waals surface area contributed by atoms with Gasteiger partial charge in [0.2, 0.25) is 0 Å². The maximum atomic E-state index is 9.68. The molecule has 1 saturated heterocycles. The summed E-state index contributed by atoms with van der Waals surface area (Å²) in [5.41, 5.74) is 0. The van der Waals surface area contributed by atoms with Gasteiger partial charge < -0.3 is 4.74 Å². The third kappa shape index (κ3) is 0.237. The quantitative estimate of drug-likeness (QED) is 0.417. The van der Waals surface area contributed by atoms with Gasteiger partial charge in [0.15, 0.2) is 6.73 Å². The lowest BCUT2D eigenvalue weighted by atomic mass is 10.9. The highest BCUT2D eigenvalue weighted by molar-refractivity contribution is 5.69. The van der Waals surface area contributed by atoms with E-state index in [1.54, 1.807) is 0 Å². The molecule has 0 spiro atoms. The van der Waals surface area contributed by atoms with Crippen molar-refractivity contribution >= 4 is 6.09 Å².